The van der Waals surface area contributed by atoms with Crippen LogP contribution in [0.2, 0.25) is 0 Å². The lowest BCUT2D eigenvalue weighted by Crippen LogP contribution is -2.45. The molecule has 164 valence electrons. The number of alkyl halides is 3. The summed E-state index contributed by atoms with van der Waals surface area (Å²) >= 11 is 0. The Kier molecular flexibility index (Phi) is 5.75. The van der Waals surface area contributed by atoms with Gasteiger partial charge in [0.25, 0.3) is 5.91 Å². The number of carbonyl (C=O) groups is 2. The summed E-state index contributed by atoms with van der Waals surface area (Å²) in [6.07, 6.45) is -0.739. The van der Waals surface area contributed by atoms with Crippen molar-refractivity contribution in [3.8, 4) is 5.75 Å². The molecule has 2 aliphatic heterocycles. The number of anilines is 2. The minimum Gasteiger partial charge on any atom is -0.493 e. The van der Waals surface area contributed by atoms with Gasteiger partial charge in [-0.1, -0.05) is 6.07 Å². The third kappa shape index (κ3) is 4.76. The number of nitrogens with one attached hydrogen (secondary N) is 2. The van der Waals surface area contributed by atoms with E-state index in [4.69, 9.17) is 4.74 Å². The van der Waals surface area contributed by atoms with E-state index in [1.54, 1.807) is 18.2 Å². The Morgan fingerprint density at radius 3 is 2.58 bits per heavy atom. The SMILES string of the molecule is O=C(Nc1cccc(C(F)(F)F)c1)Nc1ccc2c(c1)C(=O)N1CCCCC1CCO2. The number of carbonyl (C=O) groups excluding carboxylic acids is 2. The monoisotopic (exact) mass is 433 g/mol. The summed E-state index contributed by atoms with van der Waals surface area (Å²) in [6.45, 7) is 1.20. The number of nitrogens with zero attached hydrogens (tertiary/aromatic N) is 1. The second-order valence-corrected chi connectivity index (χ2v) is 7.65. The minimum atomic E-state index is -4.50. The molecular formula is C22H22F3N3O3. The fourth-order valence-electron chi connectivity index (χ4n) is 4.00. The molecule has 0 bridgehead atoms. The number of urea groups is 1. The third-order valence-electron chi connectivity index (χ3n) is 5.51. The molecule has 2 heterocycles. The Balaban J connectivity index is 1.50. The highest BCUT2D eigenvalue weighted by atomic mass is 19.4. The fraction of sp³-hybridized carbons (Fsp3) is 0.364. The zero-order chi connectivity index (χ0) is 22.0. The van der Waals surface area contributed by atoms with Crippen LogP contribution in [0.15, 0.2) is 42.5 Å². The summed E-state index contributed by atoms with van der Waals surface area (Å²) in [5.74, 6) is 0.319. The van der Waals surface area contributed by atoms with Gasteiger partial charge >= 0.3 is 12.2 Å². The lowest BCUT2D eigenvalue weighted by molar-refractivity contribution is -0.137. The van der Waals surface area contributed by atoms with E-state index in [2.05, 4.69) is 10.6 Å². The first-order valence-electron chi connectivity index (χ1n) is 10.1. The van der Waals surface area contributed by atoms with Crippen LogP contribution < -0.4 is 15.4 Å². The summed E-state index contributed by atoms with van der Waals surface area (Å²) < 4.78 is 44.3. The second-order valence-electron chi connectivity index (χ2n) is 7.65. The molecule has 31 heavy (non-hydrogen) atoms. The average Bonchev–Trinajstić information content (AvgIpc) is 2.73. The number of hydrogen-bond acceptors (Lipinski definition) is 3. The Morgan fingerprint density at radius 1 is 1.03 bits per heavy atom. The van der Waals surface area contributed by atoms with Gasteiger partial charge < -0.3 is 20.3 Å². The molecule has 1 saturated heterocycles. The van der Waals surface area contributed by atoms with Crippen molar-refractivity contribution in [2.75, 3.05) is 23.8 Å². The maximum atomic E-state index is 13.1. The van der Waals surface area contributed by atoms with E-state index in [-0.39, 0.29) is 17.6 Å². The molecule has 0 saturated carbocycles. The van der Waals surface area contributed by atoms with Crippen molar-refractivity contribution in [3.63, 3.8) is 0 Å². The van der Waals surface area contributed by atoms with Gasteiger partial charge in [0.2, 0.25) is 0 Å². The maximum Gasteiger partial charge on any atom is 0.416 e. The smallest absolute Gasteiger partial charge is 0.416 e. The van der Waals surface area contributed by atoms with Crippen LogP contribution in [0.3, 0.4) is 0 Å². The molecule has 6 nitrogen and oxygen atoms in total. The summed E-state index contributed by atoms with van der Waals surface area (Å²) in [6, 6.07) is 8.55. The third-order valence-corrected chi connectivity index (χ3v) is 5.51. The number of fused-ring (bicyclic) bond motifs is 2. The van der Waals surface area contributed by atoms with Gasteiger partial charge in [0, 0.05) is 30.4 Å². The predicted octanol–water partition coefficient (Wildman–Crippen LogP) is 5.13. The van der Waals surface area contributed by atoms with Crippen LogP contribution in [-0.4, -0.2) is 36.0 Å². The standard InChI is InChI=1S/C22H22F3N3O3/c23-22(24,25)14-4-3-5-15(12-14)26-21(30)27-16-7-8-19-18(13-16)20(29)28-10-2-1-6-17(28)9-11-31-19/h3-5,7-8,12-13,17H,1-2,6,9-11H2,(H2,26,27,30). The van der Waals surface area contributed by atoms with Crippen LogP contribution >= 0.6 is 0 Å². The Labute approximate surface area is 177 Å². The molecule has 2 aliphatic rings. The Bertz CT molecular complexity index is 993. The number of amides is 3. The van der Waals surface area contributed by atoms with E-state index in [0.717, 1.165) is 37.8 Å². The molecule has 0 radical (unpaired) electrons. The van der Waals surface area contributed by atoms with Crippen molar-refractivity contribution in [2.24, 2.45) is 0 Å². The highest BCUT2D eigenvalue weighted by Gasteiger charge is 2.32. The van der Waals surface area contributed by atoms with E-state index >= 15 is 0 Å². The maximum absolute atomic E-state index is 13.1. The van der Waals surface area contributed by atoms with Crippen molar-refractivity contribution < 1.29 is 27.5 Å². The number of ether oxygens (including phenoxy) is 1. The zero-order valence-electron chi connectivity index (χ0n) is 16.7. The van der Waals surface area contributed by atoms with Crippen molar-refractivity contribution in [2.45, 2.75) is 37.9 Å². The number of halogens is 3. The largest absolute Gasteiger partial charge is 0.493 e. The fourth-order valence-corrected chi connectivity index (χ4v) is 4.00. The molecule has 2 aromatic rings. The van der Waals surface area contributed by atoms with Gasteiger partial charge in [0.05, 0.1) is 17.7 Å². The van der Waals surface area contributed by atoms with Crippen LogP contribution in [0.25, 0.3) is 0 Å². The molecular weight excluding hydrogens is 411 g/mol. The molecule has 0 aromatic heterocycles. The van der Waals surface area contributed by atoms with Crippen molar-refractivity contribution in [1.82, 2.24) is 4.90 Å². The first kappa shape index (κ1) is 21.0. The number of piperidine rings is 1. The lowest BCUT2D eigenvalue weighted by atomic mass is 9.97. The molecule has 1 fully saturated rings. The molecule has 2 N–H and O–H groups in total. The molecule has 9 heteroatoms. The Hall–Kier alpha value is -3.23. The van der Waals surface area contributed by atoms with Crippen molar-refractivity contribution in [1.29, 1.82) is 0 Å². The average molecular weight is 433 g/mol. The molecule has 4 rings (SSSR count). The summed E-state index contributed by atoms with van der Waals surface area (Å²) in [4.78, 5) is 27.3. The molecule has 0 aliphatic carbocycles. The molecule has 0 spiro atoms. The van der Waals surface area contributed by atoms with Crippen LogP contribution in [0.4, 0.5) is 29.3 Å². The van der Waals surface area contributed by atoms with Gasteiger partial charge in [-0.05, 0) is 55.7 Å². The van der Waals surface area contributed by atoms with Crippen molar-refractivity contribution >= 4 is 23.3 Å². The van der Waals surface area contributed by atoms with Gasteiger partial charge in [0.15, 0.2) is 0 Å². The highest BCUT2D eigenvalue weighted by Crippen LogP contribution is 2.32. The highest BCUT2D eigenvalue weighted by molar-refractivity contribution is 6.02. The first-order chi connectivity index (χ1) is 14.8. The molecule has 1 unspecified atom stereocenters. The number of benzene rings is 2. The van der Waals surface area contributed by atoms with Gasteiger partial charge in [-0.15, -0.1) is 0 Å². The van der Waals surface area contributed by atoms with Crippen LogP contribution in [0, 0.1) is 0 Å². The van der Waals surface area contributed by atoms with E-state index < -0.39 is 17.8 Å². The van der Waals surface area contributed by atoms with E-state index in [0.29, 0.717) is 30.2 Å². The van der Waals surface area contributed by atoms with Crippen LogP contribution in [0.5, 0.6) is 5.75 Å². The Morgan fingerprint density at radius 2 is 1.81 bits per heavy atom. The topological polar surface area (TPSA) is 70.7 Å². The zero-order valence-corrected chi connectivity index (χ0v) is 16.7. The van der Waals surface area contributed by atoms with Gasteiger partial charge in [-0.3, -0.25) is 4.79 Å². The van der Waals surface area contributed by atoms with Crippen molar-refractivity contribution in [3.05, 3.63) is 53.6 Å². The number of rotatable bonds is 2. The van der Waals surface area contributed by atoms with Gasteiger partial charge in [-0.2, -0.15) is 13.2 Å². The van der Waals surface area contributed by atoms with Gasteiger partial charge in [0.1, 0.15) is 5.75 Å². The van der Waals surface area contributed by atoms with E-state index in [1.807, 2.05) is 4.90 Å². The molecule has 1 atom stereocenters. The van der Waals surface area contributed by atoms with Crippen LogP contribution in [0.1, 0.15) is 41.6 Å². The quantitative estimate of drug-likeness (QED) is 0.690. The van der Waals surface area contributed by atoms with Crippen LogP contribution in [-0.2, 0) is 6.18 Å². The lowest BCUT2D eigenvalue weighted by Gasteiger charge is -2.37. The summed E-state index contributed by atoms with van der Waals surface area (Å²) in [5, 5.41) is 4.95. The van der Waals surface area contributed by atoms with E-state index in [1.165, 1.54) is 12.1 Å². The van der Waals surface area contributed by atoms with E-state index in [9.17, 15) is 22.8 Å². The molecule has 2 aromatic carbocycles. The number of hydrogen-bond donors (Lipinski definition) is 2. The van der Waals surface area contributed by atoms with Gasteiger partial charge in [-0.25, -0.2) is 4.79 Å². The predicted molar refractivity (Wildman–Crippen MR) is 109 cm³/mol. The normalized spacial score (nSPS) is 18.7. The first-order valence-corrected chi connectivity index (χ1v) is 10.1. The summed E-state index contributed by atoms with van der Waals surface area (Å²) in [5.41, 5.74) is -0.142. The second kappa shape index (κ2) is 8.49. The minimum absolute atomic E-state index is 0.00846. The summed E-state index contributed by atoms with van der Waals surface area (Å²) in [7, 11) is 0. The molecule has 3 amide bonds.